The third-order valence-electron chi connectivity index (χ3n) is 1.96. The molecule has 1 N–H and O–H groups in total. The molecule has 3 nitrogen and oxygen atoms in total. The first-order valence-corrected chi connectivity index (χ1v) is 5.11. The van der Waals surface area contributed by atoms with E-state index < -0.39 is 5.97 Å². The summed E-state index contributed by atoms with van der Waals surface area (Å²) in [6, 6.07) is 9.82. The zero-order chi connectivity index (χ0) is 12.5. The summed E-state index contributed by atoms with van der Waals surface area (Å²) in [5.74, 6) is -0.728. The van der Waals surface area contributed by atoms with Crippen LogP contribution in [-0.2, 0) is 9.53 Å². The molecule has 0 spiro atoms. The number of methoxy groups -OCH3 is 1. The van der Waals surface area contributed by atoms with Crippen LogP contribution in [0, 0.1) is 0 Å². The Bertz CT molecular complexity index is 442. The fourth-order valence-corrected chi connectivity index (χ4v) is 1.18. The van der Waals surface area contributed by atoms with Crippen LogP contribution in [0.5, 0.6) is 0 Å². The van der Waals surface area contributed by atoms with Crippen molar-refractivity contribution in [3.8, 4) is 0 Å². The van der Waals surface area contributed by atoms with E-state index in [1.54, 1.807) is 12.2 Å². The summed E-state index contributed by atoms with van der Waals surface area (Å²) in [4.78, 5) is 10.4. The average Bonchev–Trinajstić information content (AvgIpc) is 2.34. The van der Waals surface area contributed by atoms with Crippen molar-refractivity contribution in [1.82, 2.24) is 0 Å². The summed E-state index contributed by atoms with van der Waals surface area (Å²) in [6.07, 6.45) is 8.07. The lowest BCUT2D eigenvalue weighted by Crippen LogP contribution is -1.91. The Morgan fingerprint density at radius 1 is 1.24 bits per heavy atom. The Hall–Kier alpha value is -2.29. The van der Waals surface area contributed by atoms with Crippen LogP contribution in [0.25, 0.3) is 6.08 Å². The number of allylic oxidation sites excluding steroid dienone is 3. The van der Waals surface area contributed by atoms with Gasteiger partial charge in [-0.2, -0.15) is 0 Å². The van der Waals surface area contributed by atoms with Crippen molar-refractivity contribution in [3.05, 3.63) is 66.0 Å². The van der Waals surface area contributed by atoms with Crippen LogP contribution in [0.1, 0.15) is 5.56 Å². The molecule has 0 radical (unpaired) electrons. The molecular formula is C14H14O3. The number of hydrogen-bond donors (Lipinski definition) is 1. The maximum atomic E-state index is 10.4. The van der Waals surface area contributed by atoms with Crippen molar-refractivity contribution in [3.63, 3.8) is 0 Å². The lowest BCUT2D eigenvalue weighted by molar-refractivity contribution is -0.131. The maximum Gasteiger partial charge on any atom is 0.332 e. The molecule has 1 aromatic carbocycles. The number of aliphatic carboxylic acids is 1. The predicted molar refractivity (Wildman–Crippen MR) is 67.3 cm³/mol. The van der Waals surface area contributed by atoms with Gasteiger partial charge >= 0.3 is 5.97 Å². The second-order valence-electron chi connectivity index (χ2n) is 3.22. The van der Waals surface area contributed by atoms with Gasteiger partial charge in [0.1, 0.15) is 5.76 Å². The molecule has 0 amide bonds. The molecule has 0 fully saturated rings. The largest absolute Gasteiger partial charge is 0.496 e. The van der Waals surface area contributed by atoms with Gasteiger partial charge in [0.15, 0.2) is 0 Å². The molecular weight excluding hydrogens is 216 g/mol. The SMILES string of the molecule is COC(=C\C(=O)O)/C=C/C=C/c1ccccc1. The maximum absolute atomic E-state index is 10.4. The molecule has 3 heteroatoms. The molecule has 1 rings (SSSR count). The molecule has 88 valence electrons. The molecule has 0 heterocycles. The summed E-state index contributed by atoms with van der Waals surface area (Å²) in [6.45, 7) is 0. The van der Waals surface area contributed by atoms with Crippen LogP contribution in [-0.4, -0.2) is 18.2 Å². The highest BCUT2D eigenvalue weighted by atomic mass is 16.5. The molecule has 0 aliphatic heterocycles. The number of hydrogen-bond acceptors (Lipinski definition) is 2. The zero-order valence-electron chi connectivity index (χ0n) is 9.54. The molecule has 0 aromatic heterocycles. The second kappa shape index (κ2) is 7.06. The molecule has 0 aliphatic rings. The molecule has 1 aromatic rings. The molecule has 17 heavy (non-hydrogen) atoms. The highest BCUT2D eigenvalue weighted by molar-refractivity contribution is 5.80. The van der Waals surface area contributed by atoms with Gasteiger partial charge in [0.05, 0.1) is 13.2 Å². The Kier molecular flexibility index (Phi) is 5.31. The van der Waals surface area contributed by atoms with Gasteiger partial charge in [0, 0.05) is 0 Å². The van der Waals surface area contributed by atoms with E-state index in [2.05, 4.69) is 0 Å². The van der Waals surface area contributed by atoms with Gasteiger partial charge in [-0.25, -0.2) is 4.79 Å². The standard InChI is InChI=1S/C14H14O3/c1-17-13(11-14(15)16)10-6-5-9-12-7-3-2-4-8-12/h2-11H,1H3,(H,15,16)/b9-5+,10-6+,13-11-. The minimum absolute atomic E-state index is 0.301. The van der Waals surface area contributed by atoms with Gasteiger partial charge in [-0.15, -0.1) is 0 Å². The fraction of sp³-hybridized carbons (Fsp3) is 0.0714. The Balaban J connectivity index is 2.61. The number of ether oxygens (including phenoxy) is 1. The molecule has 0 atom stereocenters. The topological polar surface area (TPSA) is 46.5 Å². The smallest absolute Gasteiger partial charge is 0.332 e. The van der Waals surface area contributed by atoms with Crippen molar-refractivity contribution in [2.24, 2.45) is 0 Å². The van der Waals surface area contributed by atoms with Crippen LogP contribution in [0.2, 0.25) is 0 Å². The van der Waals surface area contributed by atoms with E-state index in [-0.39, 0.29) is 0 Å². The number of carboxylic acids is 1. The summed E-state index contributed by atoms with van der Waals surface area (Å²) in [5.41, 5.74) is 1.08. The van der Waals surface area contributed by atoms with E-state index in [9.17, 15) is 4.79 Å². The van der Waals surface area contributed by atoms with Crippen molar-refractivity contribution in [2.75, 3.05) is 7.11 Å². The van der Waals surface area contributed by atoms with E-state index in [1.165, 1.54) is 7.11 Å². The predicted octanol–water partition coefficient (Wildman–Crippen LogP) is 2.87. The van der Waals surface area contributed by atoms with Gasteiger partial charge < -0.3 is 9.84 Å². The lowest BCUT2D eigenvalue weighted by atomic mass is 10.2. The van der Waals surface area contributed by atoms with Gasteiger partial charge in [0.2, 0.25) is 0 Å². The Morgan fingerprint density at radius 3 is 2.53 bits per heavy atom. The quantitative estimate of drug-likeness (QED) is 0.480. The van der Waals surface area contributed by atoms with E-state index in [0.29, 0.717) is 5.76 Å². The van der Waals surface area contributed by atoms with Crippen molar-refractivity contribution >= 4 is 12.0 Å². The van der Waals surface area contributed by atoms with Crippen LogP contribution in [0.4, 0.5) is 0 Å². The number of carboxylic acid groups (broad SMARTS) is 1. The highest BCUT2D eigenvalue weighted by Crippen LogP contribution is 2.02. The highest BCUT2D eigenvalue weighted by Gasteiger charge is 1.93. The monoisotopic (exact) mass is 230 g/mol. The molecule has 0 saturated carbocycles. The first-order chi connectivity index (χ1) is 8.22. The van der Waals surface area contributed by atoms with Crippen LogP contribution in [0.3, 0.4) is 0 Å². The first-order valence-electron chi connectivity index (χ1n) is 5.11. The fourth-order valence-electron chi connectivity index (χ4n) is 1.18. The number of rotatable bonds is 5. The van der Waals surface area contributed by atoms with E-state index in [1.807, 2.05) is 42.5 Å². The zero-order valence-corrected chi connectivity index (χ0v) is 9.54. The normalized spacial score (nSPS) is 12.2. The first kappa shape index (κ1) is 12.8. The van der Waals surface area contributed by atoms with Crippen molar-refractivity contribution in [2.45, 2.75) is 0 Å². The number of benzene rings is 1. The van der Waals surface area contributed by atoms with Gasteiger partial charge in [-0.05, 0) is 11.6 Å². The second-order valence-corrected chi connectivity index (χ2v) is 3.22. The van der Waals surface area contributed by atoms with E-state index >= 15 is 0 Å². The summed E-state index contributed by atoms with van der Waals surface area (Å²) in [5, 5.41) is 8.54. The Labute approximate surface area is 100 Å². The summed E-state index contributed by atoms with van der Waals surface area (Å²) in [7, 11) is 1.43. The molecule has 0 aliphatic carbocycles. The third kappa shape index (κ3) is 5.37. The average molecular weight is 230 g/mol. The van der Waals surface area contributed by atoms with Crippen molar-refractivity contribution < 1.29 is 14.6 Å². The third-order valence-corrected chi connectivity index (χ3v) is 1.96. The molecule has 0 unspecified atom stereocenters. The van der Waals surface area contributed by atoms with E-state index in [0.717, 1.165) is 11.6 Å². The van der Waals surface area contributed by atoms with Crippen LogP contribution in [0.15, 0.2) is 60.4 Å². The summed E-state index contributed by atoms with van der Waals surface area (Å²) < 4.78 is 4.87. The lowest BCUT2D eigenvalue weighted by Gasteiger charge is -1.96. The minimum Gasteiger partial charge on any atom is -0.496 e. The van der Waals surface area contributed by atoms with Crippen molar-refractivity contribution in [1.29, 1.82) is 0 Å². The van der Waals surface area contributed by atoms with Crippen LogP contribution < -0.4 is 0 Å². The van der Waals surface area contributed by atoms with Crippen LogP contribution >= 0.6 is 0 Å². The van der Waals surface area contributed by atoms with Gasteiger partial charge in [0.25, 0.3) is 0 Å². The molecule has 0 bridgehead atoms. The van der Waals surface area contributed by atoms with E-state index in [4.69, 9.17) is 9.84 Å². The summed E-state index contributed by atoms with van der Waals surface area (Å²) >= 11 is 0. The minimum atomic E-state index is -1.03. The van der Waals surface area contributed by atoms with Gasteiger partial charge in [-0.3, -0.25) is 0 Å². The number of carbonyl (C=O) groups is 1. The molecule has 0 saturated heterocycles. The Morgan fingerprint density at radius 2 is 1.94 bits per heavy atom. The van der Waals surface area contributed by atoms with Gasteiger partial charge in [-0.1, -0.05) is 48.6 Å².